The lowest BCUT2D eigenvalue weighted by Gasteiger charge is -2.04. The van der Waals surface area contributed by atoms with E-state index in [1.165, 1.54) is 12.3 Å². The van der Waals surface area contributed by atoms with E-state index >= 15 is 0 Å². The van der Waals surface area contributed by atoms with Crippen molar-refractivity contribution in [2.75, 3.05) is 0 Å². The summed E-state index contributed by atoms with van der Waals surface area (Å²) in [6.07, 6.45) is 3.08. The number of hydrogen-bond acceptors (Lipinski definition) is 4. The highest BCUT2D eigenvalue weighted by molar-refractivity contribution is 6.03. The molecule has 0 aliphatic carbocycles. The fourth-order valence-electron chi connectivity index (χ4n) is 2.21. The Labute approximate surface area is 126 Å². The molecule has 0 bridgehead atoms. The molecular weight excluding hydrogens is 280 g/mol. The maximum Gasteiger partial charge on any atom is 0.275 e. The lowest BCUT2D eigenvalue weighted by atomic mass is 10.1. The van der Waals surface area contributed by atoms with Crippen LogP contribution in [0.4, 0.5) is 0 Å². The van der Waals surface area contributed by atoms with Gasteiger partial charge in [0.15, 0.2) is 0 Å². The fourth-order valence-corrected chi connectivity index (χ4v) is 2.21. The zero-order chi connectivity index (χ0) is 15.5. The first-order valence-electron chi connectivity index (χ1n) is 6.75. The van der Waals surface area contributed by atoms with Crippen LogP contribution in [0, 0.1) is 6.92 Å². The van der Waals surface area contributed by atoms with Gasteiger partial charge in [-0.3, -0.25) is 4.79 Å². The second-order valence-electron chi connectivity index (χ2n) is 4.86. The maximum absolute atomic E-state index is 12.1. The van der Waals surface area contributed by atoms with Gasteiger partial charge in [0.1, 0.15) is 11.3 Å². The van der Waals surface area contributed by atoms with Gasteiger partial charge < -0.3 is 9.52 Å². The summed E-state index contributed by atoms with van der Waals surface area (Å²) in [5.41, 5.74) is 4.74. The van der Waals surface area contributed by atoms with Crippen molar-refractivity contribution in [3.05, 3.63) is 65.4 Å². The Bertz CT molecular complexity index is 851. The maximum atomic E-state index is 12.1. The van der Waals surface area contributed by atoms with E-state index in [1.807, 2.05) is 30.3 Å². The van der Waals surface area contributed by atoms with Gasteiger partial charge in [0.25, 0.3) is 5.91 Å². The number of furan rings is 1. The number of carbonyl (C=O) groups is 1. The summed E-state index contributed by atoms with van der Waals surface area (Å²) in [6, 6.07) is 12.6. The van der Waals surface area contributed by atoms with Crippen LogP contribution in [0.15, 0.2) is 58.2 Å². The summed E-state index contributed by atoms with van der Waals surface area (Å²) >= 11 is 0. The molecule has 3 rings (SSSR count). The van der Waals surface area contributed by atoms with Gasteiger partial charge >= 0.3 is 0 Å². The summed E-state index contributed by atoms with van der Waals surface area (Å²) in [4.78, 5) is 12.1. The van der Waals surface area contributed by atoms with Gasteiger partial charge in [0.05, 0.1) is 23.4 Å². The van der Waals surface area contributed by atoms with Crippen molar-refractivity contribution in [1.29, 1.82) is 0 Å². The molecule has 0 saturated heterocycles. The number of nitrogens with one attached hydrogen (secondary N) is 1. The van der Waals surface area contributed by atoms with Crippen LogP contribution in [-0.4, -0.2) is 17.2 Å². The summed E-state index contributed by atoms with van der Waals surface area (Å²) in [6.45, 7) is 1.81. The van der Waals surface area contributed by atoms with Crippen molar-refractivity contribution < 1.29 is 14.3 Å². The molecule has 0 aliphatic rings. The van der Waals surface area contributed by atoms with Crippen molar-refractivity contribution in [1.82, 2.24) is 5.43 Å². The van der Waals surface area contributed by atoms with Gasteiger partial charge in [-0.05, 0) is 30.2 Å². The van der Waals surface area contributed by atoms with Crippen LogP contribution in [-0.2, 0) is 0 Å². The molecule has 0 aliphatic heterocycles. The number of hydrogen-bond donors (Lipinski definition) is 2. The van der Waals surface area contributed by atoms with E-state index in [9.17, 15) is 9.90 Å². The SMILES string of the molecule is Cc1coc2ccc(C(=O)N/N=C/c3ccccc3)c(O)c12. The van der Waals surface area contributed by atoms with Crippen LogP contribution in [0.2, 0.25) is 0 Å². The van der Waals surface area contributed by atoms with Crippen LogP contribution in [0.1, 0.15) is 21.5 Å². The van der Waals surface area contributed by atoms with Crippen LogP contribution in [0.3, 0.4) is 0 Å². The highest BCUT2D eigenvalue weighted by atomic mass is 16.3. The topological polar surface area (TPSA) is 74.8 Å². The predicted octanol–water partition coefficient (Wildman–Crippen LogP) is 3.21. The number of aromatic hydroxyl groups is 1. The molecule has 0 saturated carbocycles. The standard InChI is InChI=1S/C17H14N2O3/c1-11-10-22-14-8-7-13(16(20)15(11)14)17(21)19-18-9-12-5-3-2-4-6-12/h2-10,20H,1H3,(H,19,21)/b18-9+. The van der Waals surface area contributed by atoms with E-state index < -0.39 is 5.91 Å². The van der Waals surface area contributed by atoms with Crippen molar-refractivity contribution in [2.45, 2.75) is 6.92 Å². The van der Waals surface area contributed by atoms with Crippen molar-refractivity contribution >= 4 is 23.1 Å². The van der Waals surface area contributed by atoms with Crippen molar-refractivity contribution in [3.63, 3.8) is 0 Å². The minimum atomic E-state index is -0.479. The van der Waals surface area contributed by atoms with Crippen molar-refractivity contribution in [3.8, 4) is 5.75 Å². The zero-order valence-electron chi connectivity index (χ0n) is 11.9. The smallest absolute Gasteiger partial charge is 0.275 e. The van der Waals surface area contributed by atoms with Gasteiger partial charge in [0, 0.05) is 0 Å². The Kier molecular flexibility index (Phi) is 3.62. The fraction of sp³-hybridized carbons (Fsp3) is 0.0588. The van der Waals surface area contributed by atoms with E-state index in [4.69, 9.17) is 4.42 Å². The monoisotopic (exact) mass is 294 g/mol. The molecule has 0 radical (unpaired) electrons. The highest BCUT2D eigenvalue weighted by Gasteiger charge is 2.16. The molecular formula is C17H14N2O3. The molecule has 5 nitrogen and oxygen atoms in total. The van der Waals surface area contributed by atoms with Gasteiger partial charge in [-0.1, -0.05) is 30.3 Å². The average molecular weight is 294 g/mol. The molecule has 3 aromatic rings. The zero-order valence-corrected chi connectivity index (χ0v) is 11.9. The molecule has 0 unspecified atom stereocenters. The van der Waals surface area contributed by atoms with Crippen LogP contribution in [0.25, 0.3) is 11.0 Å². The molecule has 1 aromatic heterocycles. The molecule has 2 aromatic carbocycles. The van der Waals surface area contributed by atoms with Crippen LogP contribution < -0.4 is 5.43 Å². The quantitative estimate of drug-likeness (QED) is 0.575. The summed E-state index contributed by atoms with van der Waals surface area (Å²) in [5.74, 6) is -0.580. The van der Waals surface area contributed by atoms with E-state index in [2.05, 4.69) is 10.5 Å². The van der Waals surface area contributed by atoms with Crippen molar-refractivity contribution in [2.24, 2.45) is 5.10 Å². The molecule has 1 heterocycles. The number of carbonyl (C=O) groups excluding carboxylic acids is 1. The minimum Gasteiger partial charge on any atom is -0.506 e. The normalized spacial score (nSPS) is 11.1. The van der Waals surface area contributed by atoms with E-state index in [1.54, 1.807) is 19.3 Å². The lowest BCUT2D eigenvalue weighted by Crippen LogP contribution is -2.17. The Balaban J connectivity index is 1.82. The van der Waals surface area contributed by atoms with Gasteiger partial charge in [0.2, 0.25) is 0 Å². The Morgan fingerprint density at radius 2 is 2.00 bits per heavy atom. The summed E-state index contributed by atoms with van der Waals surface area (Å²) < 4.78 is 5.28. The van der Waals surface area contributed by atoms with Gasteiger partial charge in [-0.25, -0.2) is 5.43 Å². The summed E-state index contributed by atoms with van der Waals surface area (Å²) in [7, 11) is 0. The number of phenols is 1. The first-order chi connectivity index (χ1) is 10.7. The molecule has 0 spiro atoms. The third-order valence-electron chi connectivity index (χ3n) is 3.32. The molecule has 1 amide bonds. The van der Waals surface area contributed by atoms with Crippen LogP contribution >= 0.6 is 0 Å². The second-order valence-corrected chi connectivity index (χ2v) is 4.86. The molecule has 22 heavy (non-hydrogen) atoms. The molecule has 2 N–H and O–H groups in total. The molecule has 5 heteroatoms. The number of fused-ring (bicyclic) bond motifs is 1. The number of aryl methyl sites for hydroxylation is 1. The van der Waals surface area contributed by atoms with E-state index in [-0.39, 0.29) is 11.3 Å². The van der Waals surface area contributed by atoms with E-state index in [0.717, 1.165) is 11.1 Å². The predicted molar refractivity (Wildman–Crippen MR) is 84.1 cm³/mol. The Morgan fingerprint density at radius 1 is 1.23 bits per heavy atom. The summed E-state index contributed by atoms with van der Waals surface area (Å²) in [5, 5.41) is 14.7. The number of nitrogens with zero attached hydrogens (tertiary/aromatic N) is 1. The van der Waals surface area contributed by atoms with Crippen LogP contribution in [0.5, 0.6) is 5.75 Å². The lowest BCUT2D eigenvalue weighted by molar-refractivity contribution is 0.0952. The average Bonchev–Trinajstić information content (AvgIpc) is 2.91. The van der Waals surface area contributed by atoms with Gasteiger partial charge in [-0.2, -0.15) is 5.10 Å². The number of rotatable bonds is 3. The molecule has 110 valence electrons. The first-order valence-corrected chi connectivity index (χ1v) is 6.75. The second kappa shape index (κ2) is 5.73. The Morgan fingerprint density at radius 3 is 2.77 bits per heavy atom. The molecule has 0 fully saturated rings. The number of hydrazone groups is 1. The largest absolute Gasteiger partial charge is 0.506 e. The number of phenolic OH excluding ortho intramolecular Hbond substituents is 1. The molecule has 0 atom stereocenters. The number of amides is 1. The highest BCUT2D eigenvalue weighted by Crippen LogP contribution is 2.32. The van der Waals surface area contributed by atoms with Gasteiger partial charge in [-0.15, -0.1) is 0 Å². The third kappa shape index (κ3) is 2.56. The van der Waals surface area contributed by atoms with E-state index in [0.29, 0.717) is 11.0 Å². The first kappa shape index (κ1) is 13.9. The number of benzene rings is 2. The third-order valence-corrected chi connectivity index (χ3v) is 3.32. The minimum absolute atomic E-state index is 0.101. The Hall–Kier alpha value is -3.08.